The molecule has 0 unspecified atom stereocenters. The van der Waals surface area contributed by atoms with Crippen LogP contribution in [0.2, 0.25) is 19.1 Å². The minimum atomic E-state index is -1.05. The van der Waals surface area contributed by atoms with Crippen molar-refractivity contribution in [1.82, 2.24) is 4.90 Å². The van der Waals surface area contributed by atoms with Crippen molar-refractivity contribution >= 4 is 8.07 Å². The molecular weight excluding hydrogens is 162 g/mol. The number of rotatable bonds is 4. The maximum absolute atomic E-state index is 2.45. The van der Waals surface area contributed by atoms with Gasteiger partial charge in [0.25, 0.3) is 0 Å². The molecule has 12 heavy (non-hydrogen) atoms. The van der Waals surface area contributed by atoms with Crippen molar-refractivity contribution in [3.63, 3.8) is 0 Å². The van der Waals surface area contributed by atoms with Crippen LogP contribution in [0.5, 0.6) is 0 Å². The zero-order valence-corrected chi connectivity index (χ0v) is 10.4. The quantitative estimate of drug-likeness (QED) is 0.608. The third-order valence-electron chi connectivity index (χ3n) is 2.39. The van der Waals surface area contributed by atoms with Crippen LogP contribution in [0.3, 0.4) is 0 Å². The summed E-state index contributed by atoms with van der Waals surface area (Å²) in [6.07, 6.45) is 3.60. The maximum Gasteiger partial charge on any atom is 0.0769 e. The largest absolute Gasteiger partial charge is 0.384 e. The molecule has 0 aliphatic rings. The van der Waals surface area contributed by atoms with Crippen LogP contribution in [0.25, 0.3) is 0 Å². The summed E-state index contributed by atoms with van der Waals surface area (Å²) in [7, 11) is 3.14. The van der Waals surface area contributed by atoms with Crippen LogP contribution in [0, 0.1) is 0 Å². The van der Waals surface area contributed by atoms with E-state index in [0.717, 1.165) is 0 Å². The molecule has 0 saturated carbocycles. The summed E-state index contributed by atoms with van der Waals surface area (Å²) in [4.78, 5) is 2.15. The van der Waals surface area contributed by atoms with Crippen molar-refractivity contribution in [3.8, 4) is 0 Å². The standard InChI is InChI=1S/C10H23NSi/c1-7-8-12(5,6)10(2)9-11(3)4/h9H,7-8H2,1-6H3. The molecule has 0 radical (unpaired) electrons. The average Bonchev–Trinajstić information content (AvgIpc) is 1.85. The van der Waals surface area contributed by atoms with E-state index in [4.69, 9.17) is 0 Å². The summed E-state index contributed by atoms with van der Waals surface area (Å²) in [5.74, 6) is 0. The normalized spacial score (nSPS) is 13.3. The lowest BCUT2D eigenvalue weighted by molar-refractivity contribution is 0.560. The van der Waals surface area contributed by atoms with Gasteiger partial charge in [-0.3, -0.25) is 0 Å². The summed E-state index contributed by atoms with van der Waals surface area (Å²) in [6, 6.07) is 1.41. The highest BCUT2D eigenvalue weighted by Crippen LogP contribution is 2.20. The van der Waals surface area contributed by atoms with Gasteiger partial charge in [-0.1, -0.05) is 37.7 Å². The van der Waals surface area contributed by atoms with E-state index in [1.807, 2.05) is 0 Å². The van der Waals surface area contributed by atoms with E-state index in [0.29, 0.717) is 0 Å². The molecule has 72 valence electrons. The molecule has 0 spiro atoms. The molecule has 0 fully saturated rings. The highest BCUT2D eigenvalue weighted by atomic mass is 28.3. The Kier molecular flexibility index (Phi) is 4.61. The Morgan fingerprint density at radius 3 is 2.17 bits per heavy atom. The van der Waals surface area contributed by atoms with Crippen LogP contribution in [-0.4, -0.2) is 27.1 Å². The zero-order chi connectivity index (χ0) is 9.78. The minimum Gasteiger partial charge on any atom is -0.384 e. The Hall–Kier alpha value is -0.243. The summed E-state index contributed by atoms with van der Waals surface area (Å²) >= 11 is 0. The highest BCUT2D eigenvalue weighted by Gasteiger charge is 2.21. The smallest absolute Gasteiger partial charge is 0.0769 e. The second-order valence-corrected chi connectivity index (χ2v) is 9.47. The van der Waals surface area contributed by atoms with Gasteiger partial charge in [-0.15, -0.1) is 0 Å². The van der Waals surface area contributed by atoms with Crippen molar-refractivity contribution in [1.29, 1.82) is 0 Å². The molecule has 0 saturated heterocycles. The van der Waals surface area contributed by atoms with Crippen LogP contribution in [0.1, 0.15) is 20.3 Å². The second-order valence-electron chi connectivity index (χ2n) is 4.41. The predicted molar refractivity (Wildman–Crippen MR) is 60.0 cm³/mol. The number of nitrogens with zero attached hydrogens (tertiary/aromatic N) is 1. The number of allylic oxidation sites excluding steroid dienone is 1. The van der Waals surface area contributed by atoms with E-state index in [9.17, 15) is 0 Å². The van der Waals surface area contributed by atoms with E-state index in [1.54, 1.807) is 5.20 Å². The van der Waals surface area contributed by atoms with E-state index in [2.05, 4.69) is 52.1 Å². The Labute approximate surface area is 78.5 Å². The van der Waals surface area contributed by atoms with Gasteiger partial charge in [0.2, 0.25) is 0 Å². The van der Waals surface area contributed by atoms with Crippen LogP contribution < -0.4 is 0 Å². The SMILES string of the molecule is CCC[Si](C)(C)C(C)=CN(C)C. The molecule has 0 aromatic rings. The third kappa shape index (κ3) is 3.95. The lowest BCUT2D eigenvalue weighted by atomic mass is 10.6. The van der Waals surface area contributed by atoms with Crippen LogP contribution >= 0.6 is 0 Å². The molecule has 0 heterocycles. The summed E-state index contributed by atoms with van der Waals surface area (Å²) in [5, 5.41) is 1.61. The van der Waals surface area contributed by atoms with Gasteiger partial charge in [0.1, 0.15) is 0 Å². The van der Waals surface area contributed by atoms with Crippen molar-refractivity contribution in [2.75, 3.05) is 14.1 Å². The Morgan fingerprint density at radius 1 is 1.33 bits per heavy atom. The fraction of sp³-hybridized carbons (Fsp3) is 0.800. The molecule has 0 aromatic heterocycles. The molecule has 1 nitrogen and oxygen atoms in total. The van der Waals surface area contributed by atoms with Gasteiger partial charge < -0.3 is 4.90 Å². The van der Waals surface area contributed by atoms with Gasteiger partial charge in [0, 0.05) is 14.1 Å². The monoisotopic (exact) mass is 185 g/mol. The Morgan fingerprint density at radius 2 is 1.83 bits per heavy atom. The van der Waals surface area contributed by atoms with Gasteiger partial charge in [0.15, 0.2) is 0 Å². The van der Waals surface area contributed by atoms with Crippen LogP contribution in [0.15, 0.2) is 11.4 Å². The molecule has 2 heteroatoms. The van der Waals surface area contributed by atoms with Crippen LogP contribution in [-0.2, 0) is 0 Å². The lowest BCUT2D eigenvalue weighted by Crippen LogP contribution is -2.28. The Balaban J connectivity index is 4.33. The van der Waals surface area contributed by atoms with Gasteiger partial charge >= 0.3 is 0 Å². The molecule has 0 N–H and O–H groups in total. The molecule has 0 aliphatic heterocycles. The van der Waals surface area contributed by atoms with Crippen molar-refractivity contribution in [3.05, 3.63) is 11.4 Å². The van der Waals surface area contributed by atoms with Gasteiger partial charge in [0.05, 0.1) is 8.07 Å². The number of hydrogen-bond acceptors (Lipinski definition) is 1. The fourth-order valence-electron chi connectivity index (χ4n) is 1.38. The molecule has 0 aromatic carbocycles. The van der Waals surface area contributed by atoms with Crippen LogP contribution in [0.4, 0.5) is 0 Å². The summed E-state index contributed by atoms with van der Waals surface area (Å²) < 4.78 is 0. The van der Waals surface area contributed by atoms with Crippen molar-refractivity contribution < 1.29 is 0 Å². The first-order valence-corrected chi connectivity index (χ1v) is 7.96. The van der Waals surface area contributed by atoms with E-state index < -0.39 is 8.07 Å². The van der Waals surface area contributed by atoms with E-state index in [-0.39, 0.29) is 0 Å². The molecule has 0 atom stereocenters. The van der Waals surface area contributed by atoms with E-state index in [1.165, 1.54) is 12.5 Å². The topological polar surface area (TPSA) is 3.24 Å². The van der Waals surface area contributed by atoms with E-state index >= 15 is 0 Å². The first-order valence-electron chi connectivity index (χ1n) is 4.75. The van der Waals surface area contributed by atoms with Gasteiger partial charge in [-0.25, -0.2) is 0 Å². The van der Waals surface area contributed by atoms with Gasteiger partial charge in [-0.2, -0.15) is 0 Å². The van der Waals surface area contributed by atoms with Gasteiger partial charge in [-0.05, 0) is 13.1 Å². The molecular formula is C10H23NSi. The highest BCUT2D eigenvalue weighted by molar-refractivity contribution is 6.84. The third-order valence-corrected chi connectivity index (χ3v) is 6.41. The molecule has 0 rings (SSSR count). The zero-order valence-electron chi connectivity index (χ0n) is 9.44. The molecule has 0 aliphatic carbocycles. The fourth-order valence-corrected chi connectivity index (χ4v) is 3.64. The summed E-state index contributed by atoms with van der Waals surface area (Å²) in [5.41, 5.74) is 0. The van der Waals surface area contributed by atoms with Crippen molar-refractivity contribution in [2.24, 2.45) is 0 Å². The predicted octanol–water partition coefficient (Wildman–Crippen LogP) is 3.11. The second kappa shape index (κ2) is 4.70. The average molecular weight is 185 g/mol. The maximum atomic E-state index is 2.45. The first-order chi connectivity index (χ1) is 5.40. The first kappa shape index (κ1) is 11.8. The minimum absolute atomic E-state index is 1.05. The number of hydrogen-bond donors (Lipinski definition) is 0. The lowest BCUT2D eigenvalue weighted by Gasteiger charge is -2.24. The molecule has 0 amide bonds. The summed E-state index contributed by atoms with van der Waals surface area (Å²) in [6.45, 7) is 9.46. The molecule has 0 bridgehead atoms. The Bertz CT molecular complexity index is 159. The van der Waals surface area contributed by atoms with Crippen molar-refractivity contribution in [2.45, 2.75) is 39.4 Å².